The Hall–Kier alpha value is -2.25. The Morgan fingerprint density at radius 2 is 1.85 bits per heavy atom. The first-order valence-corrected chi connectivity index (χ1v) is 9.21. The summed E-state index contributed by atoms with van der Waals surface area (Å²) in [5.74, 6) is 0.257. The van der Waals surface area contributed by atoms with Crippen LogP contribution in [0.25, 0.3) is 0 Å². The molecule has 0 bridgehead atoms. The largest absolute Gasteiger partial charge is 0.492 e. The van der Waals surface area contributed by atoms with E-state index in [2.05, 4.69) is 5.10 Å². The SMILES string of the molecule is CCOC(=O)c1ccc(OCCCOc2cnn(CC)c(=O)c2Cl)c(Cl)c1. The second-order valence-electron chi connectivity index (χ2n) is 5.36. The second kappa shape index (κ2) is 10.2. The molecule has 0 aliphatic carbocycles. The van der Waals surface area contributed by atoms with E-state index in [0.29, 0.717) is 42.5 Å². The highest BCUT2D eigenvalue weighted by Gasteiger charge is 2.11. The highest BCUT2D eigenvalue weighted by atomic mass is 35.5. The number of ether oxygens (including phenoxy) is 3. The van der Waals surface area contributed by atoms with Gasteiger partial charge in [0.1, 0.15) is 5.75 Å². The van der Waals surface area contributed by atoms with Gasteiger partial charge in [-0.1, -0.05) is 23.2 Å². The number of carbonyl (C=O) groups excluding carboxylic acids is 1. The number of hydrogen-bond acceptors (Lipinski definition) is 6. The van der Waals surface area contributed by atoms with Crippen LogP contribution in [0.15, 0.2) is 29.2 Å². The number of esters is 1. The van der Waals surface area contributed by atoms with Crippen molar-refractivity contribution in [3.05, 3.63) is 50.4 Å². The number of nitrogens with zero attached hydrogens (tertiary/aromatic N) is 2. The van der Waals surface area contributed by atoms with Crippen LogP contribution in [0.4, 0.5) is 0 Å². The fraction of sp³-hybridized carbons (Fsp3) is 0.389. The predicted octanol–water partition coefficient (Wildman–Crippen LogP) is 3.59. The Kier molecular flexibility index (Phi) is 7.94. The lowest BCUT2D eigenvalue weighted by molar-refractivity contribution is 0.0526. The summed E-state index contributed by atoms with van der Waals surface area (Å²) < 4.78 is 17.2. The van der Waals surface area contributed by atoms with Crippen LogP contribution in [0.5, 0.6) is 11.5 Å². The topological polar surface area (TPSA) is 79.7 Å². The molecule has 0 radical (unpaired) electrons. The predicted molar refractivity (Wildman–Crippen MR) is 102 cm³/mol. The van der Waals surface area contributed by atoms with E-state index in [1.54, 1.807) is 26.0 Å². The number of aromatic nitrogens is 2. The van der Waals surface area contributed by atoms with Gasteiger partial charge in [0.15, 0.2) is 10.8 Å². The van der Waals surface area contributed by atoms with E-state index in [9.17, 15) is 9.59 Å². The van der Waals surface area contributed by atoms with E-state index in [1.807, 2.05) is 0 Å². The first kappa shape index (κ1) is 21.1. The minimum absolute atomic E-state index is 0.00497. The lowest BCUT2D eigenvalue weighted by atomic mass is 10.2. The molecule has 0 saturated carbocycles. The van der Waals surface area contributed by atoms with Gasteiger partial charge >= 0.3 is 5.97 Å². The van der Waals surface area contributed by atoms with Gasteiger partial charge in [0.25, 0.3) is 5.56 Å². The third kappa shape index (κ3) is 5.61. The molecule has 0 fully saturated rings. The molecule has 0 atom stereocenters. The van der Waals surface area contributed by atoms with Crippen molar-refractivity contribution < 1.29 is 19.0 Å². The zero-order chi connectivity index (χ0) is 19.8. The summed E-state index contributed by atoms with van der Waals surface area (Å²) in [5.41, 5.74) is -0.0251. The number of carbonyl (C=O) groups is 1. The molecular formula is C18H20Cl2N2O5. The summed E-state index contributed by atoms with van der Waals surface area (Å²) >= 11 is 12.1. The molecule has 0 N–H and O–H groups in total. The number of hydrogen-bond donors (Lipinski definition) is 0. The molecule has 0 saturated heterocycles. The van der Waals surface area contributed by atoms with E-state index in [0.717, 1.165) is 0 Å². The second-order valence-corrected chi connectivity index (χ2v) is 6.15. The molecule has 0 aliphatic rings. The van der Waals surface area contributed by atoms with Crippen LogP contribution in [0, 0.1) is 0 Å². The fourth-order valence-electron chi connectivity index (χ4n) is 2.16. The lowest BCUT2D eigenvalue weighted by Gasteiger charge is -2.11. The van der Waals surface area contributed by atoms with Crippen LogP contribution in [0.2, 0.25) is 10.0 Å². The average molecular weight is 415 g/mol. The Bertz CT molecular complexity index is 854. The van der Waals surface area contributed by atoms with Crippen LogP contribution < -0.4 is 15.0 Å². The van der Waals surface area contributed by atoms with Crippen LogP contribution in [0.1, 0.15) is 30.6 Å². The maximum Gasteiger partial charge on any atom is 0.338 e. The maximum absolute atomic E-state index is 11.9. The van der Waals surface area contributed by atoms with Gasteiger partial charge in [-0.25, -0.2) is 9.48 Å². The van der Waals surface area contributed by atoms with Crippen molar-refractivity contribution >= 4 is 29.2 Å². The molecule has 2 aromatic rings. The molecule has 7 nitrogen and oxygen atoms in total. The van der Waals surface area contributed by atoms with E-state index in [4.69, 9.17) is 37.4 Å². The van der Waals surface area contributed by atoms with Gasteiger partial charge in [-0.2, -0.15) is 5.10 Å². The molecule has 0 spiro atoms. The number of rotatable bonds is 9. The lowest BCUT2D eigenvalue weighted by Crippen LogP contribution is -2.22. The van der Waals surface area contributed by atoms with Gasteiger partial charge in [-0.3, -0.25) is 4.79 Å². The Balaban J connectivity index is 1.83. The molecule has 1 aromatic heterocycles. The highest BCUT2D eigenvalue weighted by Crippen LogP contribution is 2.26. The summed E-state index contributed by atoms with van der Waals surface area (Å²) in [5, 5.41) is 4.28. The Labute approximate surface area is 166 Å². The van der Waals surface area contributed by atoms with Gasteiger partial charge in [0, 0.05) is 13.0 Å². The fourth-order valence-corrected chi connectivity index (χ4v) is 2.59. The monoisotopic (exact) mass is 414 g/mol. The quantitative estimate of drug-likeness (QED) is 0.460. The van der Waals surface area contributed by atoms with Crippen LogP contribution in [-0.4, -0.2) is 35.6 Å². The molecule has 0 amide bonds. The summed E-state index contributed by atoms with van der Waals surface area (Å²) in [6.07, 6.45) is 1.95. The van der Waals surface area contributed by atoms with E-state index in [1.165, 1.54) is 16.9 Å². The van der Waals surface area contributed by atoms with Crippen LogP contribution >= 0.6 is 23.2 Å². The summed E-state index contributed by atoms with van der Waals surface area (Å²) in [7, 11) is 0. The molecule has 0 unspecified atom stereocenters. The highest BCUT2D eigenvalue weighted by molar-refractivity contribution is 6.32. The van der Waals surface area contributed by atoms with Gasteiger partial charge in [0.05, 0.1) is 36.6 Å². The number of halogens is 2. The van der Waals surface area contributed by atoms with E-state index >= 15 is 0 Å². The number of aryl methyl sites for hydroxylation is 1. The van der Waals surface area contributed by atoms with Crippen LogP contribution in [-0.2, 0) is 11.3 Å². The van der Waals surface area contributed by atoms with E-state index < -0.39 is 5.97 Å². The Morgan fingerprint density at radius 3 is 2.48 bits per heavy atom. The standard InChI is InChI=1S/C18H20Cl2N2O5/c1-3-22-17(23)16(20)15(11-21-22)27-9-5-8-26-14-7-6-12(10-13(14)19)18(24)25-4-2/h6-7,10-11H,3-5,8-9H2,1-2H3. The third-order valence-corrected chi connectivity index (χ3v) is 4.14. The molecule has 2 rings (SSSR count). The Morgan fingerprint density at radius 1 is 1.15 bits per heavy atom. The third-order valence-electron chi connectivity index (χ3n) is 3.50. The van der Waals surface area contributed by atoms with Gasteiger partial charge in [-0.05, 0) is 32.0 Å². The van der Waals surface area contributed by atoms with Crippen LogP contribution in [0.3, 0.4) is 0 Å². The van der Waals surface area contributed by atoms with E-state index in [-0.39, 0.29) is 22.9 Å². The molecule has 9 heteroatoms. The number of benzene rings is 1. The molecule has 0 aliphatic heterocycles. The van der Waals surface area contributed by atoms with Gasteiger partial charge in [0.2, 0.25) is 0 Å². The summed E-state index contributed by atoms with van der Waals surface area (Å²) in [4.78, 5) is 23.5. The maximum atomic E-state index is 11.9. The molecule has 146 valence electrons. The van der Waals surface area contributed by atoms with Crippen molar-refractivity contribution in [2.24, 2.45) is 0 Å². The molecular weight excluding hydrogens is 395 g/mol. The van der Waals surface area contributed by atoms with Crippen molar-refractivity contribution in [1.82, 2.24) is 9.78 Å². The first-order chi connectivity index (χ1) is 13.0. The van der Waals surface area contributed by atoms with Crippen molar-refractivity contribution in [3.63, 3.8) is 0 Å². The minimum Gasteiger partial charge on any atom is -0.492 e. The van der Waals surface area contributed by atoms with Crippen molar-refractivity contribution in [1.29, 1.82) is 0 Å². The van der Waals surface area contributed by atoms with Gasteiger partial charge in [-0.15, -0.1) is 0 Å². The van der Waals surface area contributed by atoms with Crippen molar-refractivity contribution in [2.75, 3.05) is 19.8 Å². The van der Waals surface area contributed by atoms with Crippen molar-refractivity contribution in [2.45, 2.75) is 26.8 Å². The molecule has 1 heterocycles. The normalized spacial score (nSPS) is 10.5. The van der Waals surface area contributed by atoms with Crippen molar-refractivity contribution in [3.8, 4) is 11.5 Å². The van der Waals surface area contributed by atoms with Gasteiger partial charge < -0.3 is 14.2 Å². The molecule has 27 heavy (non-hydrogen) atoms. The minimum atomic E-state index is -0.435. The first-order valence-electron chi connectivity index (χ1n) is 8.45. The average Bonchev–Trinajstić information content (AvgIpc) is 2.66. The summed E-state index contributed by atoms with van der Waals surface area (Å²) in [6, 6.07) is 4.70. The smallest absolute Gasteiger partial charge is 0.338 e. The summed E-state index contributed by atoms with van der Waals surface area (Å²) in [6.45, 7) is 4.87. The zero-order valence-corrected chi connectivity index (χ0v) is 16.5. The zero-order valence-electron chi connectivity index (χ0n) is 15.0. The molecule has 1 aromatic carbocycles.